The van der Waals surface area contributed by atoms with Crippen LogP contribution in [-0.4, -0.2) is 21.5 Å². The van der Waals surface area contributed by atoms with Crippen molar-refractivity contribution in [1.29, 1.82) is 0 Å². The Balaban J connectivity index is 2.10. The number of nitrogens with one attached hydrogen (secondary N) is 2. The molecule has 0 spiro atoms. The van der Waals surface area contributed by atoms with E-state index >= 15 is 0 Å². The number of hydrogen-bond acceptors (Lipinski definition) is 4. The molecule has 1 unspecified atom stereocenters. The highest BCUT2D eigenvalue weighted by Gasteiger charge is 2.48. The lowest BCUT2D eigenvalue weighted by molar-refractivity contribution is 0.415. The van der Waals surface area contributed by atoms with Crippen LogP contribution in [0.2, 0.25) is 0 Å². The van der Waals surface area contributed by atoms with Crippen LogP contribution < -0.4 is 20.3 Å². The molecule has 0 radical (unpaired) electrons. The van der Waals surface area contributed by atoms with Crippen LogP contribution in [0.3, 0.4) is 0 Å². The number of benzene rings is 1. The zero-order valence-corrected chi connectivity index (χ0v) is 17.1. The number of halogens is 2. The first kappa shape index (κ1) is 19.1. The Morgan fingerprint density at radius 2 is 2.08 bits per heavy atom. The molecule has 1 aliphatic carbocycles. The van der Waals surface area contributed by atoms with Crippen LogP contribution in [-0.2, 0) is 21.7 Å². The summed E-state index contributed by atoms with van der Waals surface area (Å²) in [5.74, 6) is -0.272. The molecule has 1 fully saturated rings. The second kappa shape index (κ2) is 7.16. The molecule has 140 valence electrons. The van der Waals surface area contributed by atoms with Crippen molar-refractivity contribution < 1.29 is 17.9 Å². The Hall–Kier alpha value is -1.66. The maximum Gasteiger partial charge on any atom is 0.313 e. The Labute approximate surface area is 164 Å². The van der Waals surface area contributed by atoms with Crippen molar-refractivity contribution in [3.63, 3.8) is 0 Å². The molecule has 26 heavy (non-hydrogen) atoms. The normalized spacial score (nSPS) is 16.0. The van der Waals surface area contributed by atoms with Crippen molar-refractivity contribution in [3.05, 3.63) is 44.0 Å². The maximum absolute atomic E-state index is 14.2. The minimum Gasteiger partial charge on any atom is -0.494 e. The van der Waals surface area contributed by atoms with Crippen LogP contribution in [0, 0.1) is 9.39 Å². The first-order chi connectivity index (χ1) is 12.2. The molecule has 3 N–H and O–H groups in total. The number of nitrogens with zero attached hydrogens (tertiary/aromatic N) is 1. The van der Waals surface area contributed by atoms with Gasteiger partial charge >= 0.3 is 10.4 Å². The second-order valence-corrected chi connectivity index (χ2v) is 9.21. The lowest BCUT2D eigenvalue weighted by Crippen LogP contribution is -2.28. The van der Waals surface area contributed by atoms with E-state index in [2.05, 4.69) is 10.0 Å². The molecular weight excluding hydrogens is 476 g/mol. The lowest BCUT2D eigenvalue weighted by Gasteiger charge is -2.19. The van der Waals surface area contributed by atoms with E-state index in [1.165, 1.54) is 36.9 Å². The molecule has 0 saturated heterocycles. The van der Waals surface area contributed by atoms with E-state index < -0.39 is 21.8 Å². The summed E-state index contributed by atoms with van der Waals surface area (Å²) in [4.78, 5) is 12.2. The highest BCUT2D eigenvalue weighted by molar-refractivity contribution is 14.1. The Morgan fingerprint density at radius 3 is 2.65 bits per heavy atom. The molecule has 0 amide bonds. The highest BCUT2D eigenvalue weighted by Crippen LogP contribution is 2.39. The van der Waals surface area contributed by atoms with Gasteiger partial charge in [0, 0.05) is 29.5 Å². The molecule has 1 saturated carbocycles. The predicted molar refractivity (Wildman–Crippen MR) is 108 cm³/mol. The molecule has 1 aromatic carbocycles. The third-order valence-corrected chi connectivity index (χ3v) is 6.58. The van der Waals surface area contributed by atoms with Crippen LogP contribution >= 0.6 is 22.6 Å². The van der Waals surface area contributed by atoms with E-state index in [0.29, 0.717) is 12.8 Å². The number of anilines is 3. The van der Waals surface area contributed by atoms with Crippen LogP contribution in [0.25, 0.3) is 0 Å². The molecule has 1 atom stereocenters. The molecule has 3 rings (SSSR count). The molecule has 10 heteroatoms. The van der Waals surface area contributed by atoms with Crippen LogP contribution in [0.15, 0.2) is 29.1 Å². The molecule has 1 heterocycles. The molecule has 0 bridgehead atoms. The van der Waals surface area contributed by atoms with Gasteiger partial charge in [-0.15, -0.1) is 0 Å². The summed E-state index contributed by atoms with van der Waals surface area (Å²) < 4.78 is 46.7. The van der Waals surface area contributed by atoms with Crippen molar-refractivity contribution in [2.75, 3.05) is 17.1 Å². The molecule has 1 aliphatic rings. The maximum atomic E-state index is 14.2. The molecule has 0 aliphatic heterocycles. The molecule has 7 nitrogen and oxygen atoms in total. The van der Waals surface area contributed by atoms with E-state index in [4.69, 9.17) is 4.74 Å². The number of methoxy groups -OCH3 is 1. The van der Waals surface area contributed by atoms with E-state index in [1.807, 2.05) is 22.6 Å². The van der Waals surface area contributed by atoms with E-state index in [-0.39, 0.29) is 28.2 Å². The van der Waals surface area contributed by atoms with Crippen molar-refractivity contribution in [2.24, 2.45) is 7.05 Å². The lowest BCUT2D eigenvalue weighted by atomic mass is 10.3. The van der Waals surface area contributed by atoms with Crippen LogP contribution in [0.1, 0.15) is 12.8 Å². The van der Waals surface area contributed by atoms with Gasteiger partial charge in [0.2, 0.25) is 0 Å². The quantitative estimate of drug-likeness (QED) is 0.423. The zero-order chi connectivity index (χ0) is 19.1. The van der Waals surface area contributed by atoms with Crippen LogP contribution in [0.4, 0.5) is 21.6 Å². The zero-order valence-electron chi connectivity index (χ0n) is 14.1. The fourth-order valence-electron chi connectivity index (χ4n) is 2.42. The van der Waals surface area contributed by atoms with Gasteiger partial charge in [0.05, 0.1) is 12.8 Å². The fraction of sp³-hybridized carbons (Fsp3) is 0.312. The first-order valence-corrected chi connectivity index (χ1v) is 10.4. The van der Waals surface area contributed by atoms with Gasteiger partial charge in [-0.3, -0.25) is 9.36 Å². The first-order valence-electron chi connectivity index (χ1n) is 7.76. The molecular formula is C16H18FIN3O4S+. The number of ether oxygens (including phenoxy) is 1. The average Bonchev–Trinajstić information content (AvgIpc) is 3.41. The van der Waals surface area contributed by atoms with Crippen molar-refractivity contribution in [2.45, 2.75) is 18.1 Å². The summed E-state index contributed by atoms with van der Waals surface area (Å²) in [5, 5.41) is 2.48. The number of aromatic nitrogens is 1. The number of hydrogen-bond donors (Lipinski definition) is 3. The van der Waals surface area contributed by atoms with Gasteiger partial charge < -0.3 is 10.1 Å². The fourth-order valence-corrected chi connectivity index (χ4v) is 4.30. The standard InChI is InChI=1S/C16H17FIN3O4S/c1-21-14(22)8-13(25-2)15(20-26(23,24)10-4-5-10)16(21)19-12-6-3-9(18)7-11(12)17/h3,6-8,10H,4-5H2,1-2H3,(H2-,19,20,22,23,24)/p+1. The van der Waals surface area contributed by atoms with Gasteiger partial charge in [0.15, 0.2) is 16.7 Å². The smallest absolute Gasteiger partial charge is 0.313 e. The Morgan fingerprint density at radius 1 is 1.38 bits per heavy atom. The van der Waals surface area contributed by atoms with Crippen molar-refractivity contribution in [3.8, 4) is 5.75 Å². The van der Waals surface area contributed by atoms with Crippen molar-refractivity contribution in [1.82, 2.24) is 4.57 Å². The van der Waals surface area contributed by atoms with Gasteiger partial charge in [0.25, 0.3) is 5.56 Å². The Bertz CT molecular complexity index is 961. The van der Waals surface area contributed by atoms with Gasteiger partial charge in [-0.25, -0.2) is 4.39 Å². The van der Waals surface area contributed by atoms with E-state index in [9.17, 15) is 17.9 Å². The SMILES string of the molecule is COc1cc(=O)n(C)c(Nc2ccc(I)cc2F)c1N[S+](=O)(O)C1CC1. The second-order valence-electron chi connectivity index (χ2n) is 5.95. The van der Waals surface area contributed by atoms with Crippen LogP contribution in [0.5, 0.6) is 5.75 Å². The summed E-state index contributed by atoms with van der Waals surface area (Å²) >= 11 is 1.99. The highest BCUT2D eigenvalue weighted by atomic mass is 127. The van der Waals surface area contributed by atoms with Gasteiger partial charge in [-0.1, -0.05) is 0 Å². The minimum absolute atomic E-state index is 0.101. The molecule has 2 aromatic rings. The predicted octanol–water partition coefficient (Wildman–Crippen LogP) is 3.34. The average molecular weight is 494 g/mol. The van der Waals surface area contributed by atoms with Gasteiger partial charge in [-0.2, -0.15) is 9.27 Å². The minimum atomic E-state index is -3.36. The van der Waals surface area contributed by atoms with E-state index in [1.54, 1.807) is 6.07 Å². The third kappa shape index (κ3) is 3.86. The monoisotopic (exact) mass is 494 g/mol. The summed E-state index contributed by atoms with van der Waals surface area (Å²) in [5.41, 5.74) is -0.142. The summed E-state index contributed by atoms with van der Waals surface area (Å²) in [6, 6.07) is 5.78. The number of rotatable bonds is 6. The Kier molecular flexibility index (Phi) is 5.26. The topological polar surface area (TPSA) is 92.6 Å². The third-order valence-electron chi connectivity index (χ3n) is 4.03. The van der Waals surface area contributed by atoms with Gasteiger partial charge in [-0.05, 0) is 45.0 Å². The van der Waals surface area contributed by atoms with Gasteiger partial charge in [0.1, 0.15) is 11.6 Å². The summed E-state index contributed by atoms with van der Waals surface area (Å²) in [6.45, 7) is 0. The number of pyridine rings is 1. The molecule has 1 aromatic heterocycles. The van der Waals surface area contributed by atoms with Crippen molar-refractivity contribution >= 4 is 50.2 Å². The largest absolute Gasteiger partial charge is 0.494 e. The summed E-state index contributed by atoms with van der Waals surface area (Å²) in [6.07, 6.45) is 1.29. The summed E-state index contributed by atoms with van der Waals surface area (Å²) in [7, 11) is -0.529. The van der Waals surface area contributed by atoms with E-state index in [0.717, 1.165) is 3.57 Å².